The predicted octanol–water partition coefficient (Wildman–Crippen LogP) is 4.79. The Morgan fingerprint density at radius 1 is 1.00 bits per heavy atom. The van der Waals surface area contributed by atoms with Gasteiger partial charge in [0.2, 0.25) is 0 Å². The number of carbonyl (C=O) groups is 1. The van der Waals surface area contributed by atoms with Crippen LogP contribution in [-0.2, 0) is 21.0 Å². The van der Waals surface area contributed by atoms with Crippen LogP contribution in [0.2, 0.25) is 5.02 Å². The molecule has 3 aromatic rings. The quantitative estimate of drug-likeness (QED) is 0.615. The number of aliphatic carboxylic acids is 1. The number of alkyl halides is 3. The van der Waals surface area contributed by atoms with Crippen molar-refractivity contribution in [3.05, 3.63) is 71.2 Å². The number of carboxylic acid groups (broad SMARTS) is 1. The molecular formula is C19H13ClF3NO4S. The number of sulfonamides is 1. The minimum Gasteiger partial charge on any atom is -0.480 e. The summed E-state index contributed by atoms with van der Waals surface area (Å²) in [4.78, 5) is 11.0. The third kappa shape index (κ3) is 4.30. The van der Waals surface area contributed by atoms with Crippen molar-refractivity contribution in [3.63, 3.8) is 0 Å². The monoisotopic (exact) mass is 443 g/mol. The molecule has 152 valence electrons. The first-order chi connectivity index (χ1) is 13.5. The van der Waals surface area contributed by atoms with E-state index in [1.165, 1.54) is 18.2 Å². The Hall–Kier alpha value is -2.78. The zero-order chi connectivity index (χ0) is 21.4. The maximum atomic E-state index is 13.2. The van der Waals surface area contributed by atoms with Crippen molar-refractivity contribution < 1.29 is 31.5 Å². The topological polar surface area (TPSA) is 74.7 Å². The normalized spacial score (nSPS) is 12.1. The summed E-state index contributed by atoms with van der Waals surface area (Å²) in [5.41, 5.74) is -1.72. The molecule has 0 saturated carbocycles. The lowest BCUT2D eigenvalue weighted by Crippen LogP contribution is -2.36. The Labute approximate surface area is 169 Å². The van der Waals surface area contributed by atoms with Gasteiger partial charge >= 0.3 is 12.1 Å². The van der Waals surface area contributed by atoms with Gasteiger partial charge in [-0.1, -0.05) is 41.9 Å². The molecule has 0 bridgehead atoms. The van der Waals surface area contributed by atoms with Gasteiger partial charge in [0.05, 0.1) is 21.2 Å². The summed E-state index contributed by atoms with van der Waals surface area (Å²) in [6.45, 7) is -1.06. The average molecular weight is 444 g/mol. The molecule has 10 heteroatoms. The molecule has 0 fully saturated rings. The molecule has 29 heavy (non-hydrogen) atoms. The molecule has 0 aliphatic heterocycles. The summed E-state index contributed by atoms with van der Waals surface area (Å²) in [6.07, 6.45) is -4.84. The largest absolute Gasteiger partial charge is 0.480 e. The highest BCUT2D eigenvalue weighted by molar-refractivity contribution is 7.92. The first-order valence-corrected chi connectivity index (χ1v) is 9.92. The Morgan fingerprint density at radius 2 is 1.66 bits per heavy atom. The van der Waals surface area contributed by atoms with E-state index in [0.29, 0.717) is 15.8 Å². The van der Waals surface area contributed by atoms with Gasteiger partial charge in [0.15, 0.2) is 0 Å². The molecule has 0 aliphatic rings. The highest BCUT2D eigenvalue weighted by Crippen LogP contribution is 2.38. The van der Waals surface area contributed by atoms with Gasteiger partial charge in [-0.2, -0.15) is 13.2 Å². The van der Waals surface area contributed by atoms with Crippen molar-refractivity contribution in [2.24, 2.45) is 0 Å². The van der Waals surface area contributed by atoms with Gasteiger partial charge in [-0.15, -0.1) is 0 Å². The SMILES string of the molecule is O=C(O)CN(c1ccc(Cl)c(C(F)(F)F)c1)S(=O)(=O)c1ccc2ccccc2c1. The van der Waals surface area contributed by atoms with Gasteiger partial charge < -0.3 is 5.11 Å². The molecule has 1 N–H and O–H groups in total. The molecule has 0 radical (unpaired) electrons. The van der Waals surface area contributed by atoms with Crippen molar-refractivity contribution in [1.82, 2.24) is 0 Å². The molecular weight excluding hydrogens is 431 g/mol. The Bertz CT molecular complexity index is 1200. The molecule has 0 amide bonds. The summed E-state index contributed by atoms with van der Waals surface area (Å²) < 4.78 is 66.2. The molecule has 0 atom stereocenters. The Kier molecular flexibility index (Phi) is 5.46. The van der Waals surface area contributed by atoms with E-state index < -0.39 is 45.0 Å². The van der Waals surface area contributed by atoms with E-state index in [4.69, 9.17) is 16.7 Å². The van der Waals surface area contributed by atoms with Crippen LogP contribution in [0, 0.1) is 0 Å². The second-order valence-electron chi connectivity index (χ2n) is 6.08. The summed E-state index contributed by atoms with van der Waals surface area (Å²) in [5.74, 6) is -1.53. The lowest BCUT2D eigenvalue weighted by atomic mass is 10.1. The van der Waals surface area contributed by atoms with Crippen LogP contribution in [0.1, 0.15) is 5.56 Å². The zero-order valence-electron chi connectivity index (χ0n) is 14.5. The highest BCUT2D eigenvalue weighted by Gasteiger charge is 2.35. The third-order valence-electron chi connectivity index (χ3n) is 4.13. The van der Waals surface area contributed by atoms with Crippen LogP contribution in [0.3, 0.4) is 0 Å². The van der Waals surface area contributed by atoms with Crippen molar-refractivity contribution in [2.75, 3.05) is 10.8 Å². The fraction of sp³-hybridized carbons (Fsp3) is 0.105. The first-order valence-electron chi connectivity index (χ1n) is 8.10. The molecule has 0 heterocycles. The fourth-order valence-corrected chi connectivity index (χ4v) is 4.45. The number of hydrogen-bond donors (Lipinski definition) is 1. The second kappa shape index (κ2) is 7.57. The number of benzene rings is 3. The third-order valence-corrected chi connectivity index (χ3v) is 6.23. The van der Waals surface area contributed by atoms with Crippen molar-refractivity contribution in [2.45, 2.75) is 11.1 Å². The van der Waals surface area contributed by atoms with Crippen LogP contribution in [0.5, 0.6) is 0 Å². The lowest BCUT2D eigenvalue weighted by Gasteiger charge is -2.24. The molecule has 5 nitrogen and oxygen atoms in total. The van der Waals surface area contributed by atoms with Gasteiger partial charge in [-0.3, -0.25) is 9.10 Å². The zero-order valence-corrected chi connectivity index (χ0v) is 16.1. The van der Waals surface area contributed by atoms with Crippen molar-refractivity contribution >= 4 is 44.1 Å². The van der Waals surface area contributed by atoms with Crippen LogP contribution in [0.4, 0.5) is 18.9 Å². The van der Waals surface area contributed by atoms with Crippen LogP contribution in [0.25, 0.3) is 10.8 Å². The average Bonchev–Trinajstić information content (AvgIpc) is 2.65. The van der Waals surface area contributed by atoms with E-state index in [1.54, 1.807) is 24.3 Å². The van der Waals surface area contributed by atoms with Crippen LogP contribution < -0.4 is 4.31 Å². The lowest BCUT2D eigenvalue weighted by molar-refractivity contribution is -0.137. The number of carboxylic acids is 1. The molecule has 0 saturated heterocycles. The van der Waals surface area contributed by atoms with Gasteiger partial charge in [-0.05, 0) is 41.1 Å². The molecule has 3 aromatic carbocycles. The van der Waals surface area contributed by atoms with E-state index in [1.807, 2.05) is 0 Å². The Morgan fingerprint density at radius 3 is 2.28 bits per heavy atom. The summed E-state index contributed by atoms with van der Waals surface area (Å²) >= 11 is 5.58. The summed E-state index contributed by atoms with van der Waals surface area (Å²) in [7, 11) is -4.47. The first kappa shape index (κ1) is 20.9. The number of nitrogens with zero attached hydrogens (tertiary/aromatic N) is 1. The summed E-state index contributed by atoms with van der Waals surface area (Å²) in [5, 5.41) is 9.86. The molecule has 0 spiro atoms. The van der Waals surface area contributed by atoms with Crippen molar-refractivity contribution in [3.8, 4) is 0 Å². The molecule has 0 unspecified atom stereocenters. The molecule has 0 aromatic heterocycles. The van der Waals surface area contributed by atoms with Crippen LogP contribution in [-0.4, -0.2) is 26.0 Å². The van der Waals surface area contributed by atoms with Crippen LogP contribution >= 0.6 is 11.6 Å². The number of fused-ring (bicyclic) bond motifs is 1. The minimum atomic E-state index is -4.84. The van der Waals surface area contributed by atoms with Gasteiger partial charge in [0.1, 0.15) is 6.54 Å². The number of halogens is 4. The number of anilines is 1. The summed E-state index contributed by atoms with van der Waals surface area (Å²) in [6, 6.07) is 13.4. The van der Waals surface area contributed by atoms with E-state index in [2.05, 4.69) is 0 Å². The number of hydrogen-bond acceptors (Lipinski definition) is 3. The van der Waals surface area contributed by atoms with Crippen molar-refractivity contribution in [1.29, 1.82) is 0 Å². The van der Waals surface area contributed by atoms with E-state index in [9.17, 15) is 26.4 Å². The predicted molar refractivity (Wildman–Crippen MR) is 103 cm³/mol. The smallest absolute Gasteiger partial charge is 0.417 e. The van der Waals surface area contributed by atoms with Gasteiger partial charge in [-0.25, -0.2) is 8.42 Å². The molecule has 0 aliphatic carbocycles. The van der Waals surface area contributed by atoms with Gasteiger partial charge in [0, 0.05) is 0 Å². The highest BCUT2D eigenvalue weighted by atomic mass is 35.5. The van der Waals surface area contributed by atoms with E-state index in [-0.39, 0.29) is 4.90 Å². The van der Waals surface area contributed by atoms with E-state index >= 15 is 0 Å². The van der Waals surface area contributed by atoms with Gasteiger partial charge in [0.25, 0.3) is 10.0 Å². The standard InChI is InChI=1S/C19H13ClF3NO4S/c20-17-8-6-14(10-16(17)19(21,22)23)24(11-18(25)26)29(27,28)15-7-5-12-3-1-2-4-13(12)9-15/h1-10H,11H2,(H,25,26). The fourth-order valence-electron chi connectivity index (χ4n) is 2.78. The number of rotatable bonds is 5. The Balaban J connectivity index is 2.16. The van der Waals surface area contributed by atoms with E-state index in [0.717, 1.165) is 17.5 Å². The maximum absolute atomic E-state index is 13.2. The van der Waals surface area contributed by atoms with Crippen LogP contribution in [0.15, 0.2) is 65.6 Å². The second-order valence-corrected chi connectivity index (χ2v) is 8.35. The molecule has 3 rings (SSSR count). The maximum Gasteiger partial charge on any atom is 0.417 e. The minimum absolute atomic E-state index is 0.249.